The average molecular weight is 231 g/mol. The Hall–Kier alpha value is -2.70. The molecule has 0 aliphatic carbocycles. The second-order valence-electron chi connectivity index (χ2n) is 3.23. The molecular formula is C10H9N5O2. The van der Waals surface area contributed by atoms with Crippen LogP contribution in [0.1, 0.15) is 0 Å². The molecule has 1 heterocycles. The van der Waals surface area contributed by atoms with Gasteiger partial charge >= 0.3 is 0 Å². The Morgan fingerprint density at radius 1 is 1.29 bits per heavy atom. The predicted octanol–water partition coefficient (Wildman–Crippen LogP) is 1.71. The molecular weight excluding hydrogens is 222 g/mol. The van der Waals surface area contributed by atoms with Crippen LogP contribution in [0, 0.1) is 10.1 Å². The highest BCUT2D eigenvalue weighted by molar-refractivity contribution is 5.68. The van der Waals surface area contributed by atoms with Crippen LogP contribution in [0.15, 0.2) is 36.7 Å². The number of aromatic nitrogens is 2. The van der Waals surface area contributed by atoms with Crippen molar-refractivity contribution >= 4 is 23.0 Å². The van der Waals surface area contributed by atoms with E-state index in [9.17, 15) is 10.1 Å². The number of benzene rings is 1. The molecule has 0 radical (unpaired) electrons. The average Bonchev–Trinajstić information content (AvgIpc) is 2.29. The molecule has 1 aromatic carbocycles. The molecule has 1 aromatic heterocycles. The molecule has 7 nitrogen and oxygen atoms in total. The molecule has 2 aromatic rings. The van der Waals surface area contributed by atoms with Crippen molar-refractivity contribution in [3.05, 3.63) is 46.8 Å². The molecule has 0 spiro atoms. The van der Waals surface area contributed by atoms with Crippen molar-refractivity contribution in [2.24, 2.45) is 0 Å². The van der Waals surface area contributed by atoms with Gasteiger partial charge in [-0.05, 0) is 6.07 Å². The summed E-state index contributed by atoms with van der Waals surface area (Å²) in [5.74, 6) is 0.702. The van der Waals surface area contributed by atoms with Crippen molar-refractivity contribution in [2.75, 3.05) is 11.1 Å². The van der Waals surface area contributed by atoms with E-state index in [1.54, 1.807) is 18.2 Å². The van der Waals surface area contributed by atoms with Crippen LogP contribution >= 0.6 is 0 Å². The van der Waals surface area contributed by atoms with Crippen molar-refractivity contribution in [3.8, 4) is 0 Å². The van der Waals surface area contributed by atoms with Crippen LogP contribution in [0.5, 0.6) is 0 Å². The molecule has 0 saturated heterocycles. The monoisotopic (exact) mass is 231 g/mol. The summed E-state index contributed by atoms with van der Waals surface area (Å²) in [6, 6.07) is 7.79. The van der Waals surface area contributed by atoms with Gasteiger partial charge in [-0.3, -0.25) is 10.1 Å². The highest BCUT2D eigenvalue weighted by Crippen LogP contribution is 2.26. The molecule has 0 unspecified atom stereocenters. The number of nitrogens with zero attached hydrogens (tertiary/aromatic N) is 3. The van der Waals surface area contributed by atoms with Crippen LogP contribution in [-0.2, 0) is 0 Å². The molecule has 0 bridgehead atoms. The molecule has 3 N–H and O–H groups in total. The SMILES string of the molecule is Nc1cc(Nc2ccccc2[N+](=O)[O-])ncn1. The summed E-state index contributed by atoms with van der Waals surface area (Å²) in [5.41, 5.74) is 5.82. The van der Waals surface area contributed by atoms with Crippen molar-refractivity contribution < 1.29 is 4.92 Å². The Bertz CT molecular complexity index is 558. The Morgan fingerprint density at radius 3 is 2.76 bits per heavy atom. The molecule has 2 rings (SSSR count). The van der Waals surface area contributed by atoms with Crippen LogP contribution in [0.25, 0.3) is 0 Å². The van der Waals surface area contributed by atoms with Gasteiger partial charge in [-0.25, -0.2) is 9.97 Å². The second-order valence-corrected chi connectivity index (χ2v) is 3.23. The zero-order chi connectivity index (χ0) is 12.3. The number of nitrogens with one attached hydrogen (secondary N) is 1. The van der Waals surface area contributed by atoms with Gasteiger partial charge in [0.2, 0.25) is 0 Å². The number of anilines is 3. The smallest absolute Gasteiger partial charge is 0.292 e. The van der Waals surface area contributed by atoms with Gasteiger partial charge in [-0.2, -0.15) is 0 Å². The van der Waals surface area contributed by atoms with Crippen molar-refractivity contribution in [2.45, 2.75) is 0 Å². The van der Waals surface area contributed by atoms with Gasteiger partial charge in [0.15, 0.2) is 0 Å². The molecule has 0 atom stereocenters. The van der Waals surface area contributed by atoms with Gasteiger partial charge in [-0.15, -0.1) is 0 Å². The standard InChI is InChI=1S/C10H9N5O2/c11-9-5-10(13-6-12-9)14-7-3-1-2-4-8(7)15(16)17/h1-6H,(H3,11,12,13,14). The summed E-state index contributed by atoms with van der Waals surface area (Å²) in [6.07, 6.45) is 1.28. The van der Waals surface area contributed by atoms with Gasteiger partial charge in [0, 0.05) is 12.1 Å². The number of hydrogen-bond acceptors (Lipinski definition) is 6. The van der Waals surface area contributed by atoms with E-state index in [0.717, 1.165) is 0 Å². The summed E-state index contributed by atoms with van der Waals surface area (Å²) in [6.45, 7) is 0. The first-order valence-electron chi connectivity index (χ1n) is 4.75. The van der Waals surface area contributed by atoms with Crippen LogP contribution in [-0.4, -0.2) is 14.9 Å². The number of nitro benzene ring substituents is 1. The minimum Gasteiger partial charge on any atom is -0.384 e. The lowest BCUT2D eigenvalue weighted by atomic mass is 10.2. The summed E-state index contributed by atoms with van der Waals surface area (Å²) < 4.78 is 0. The van der Waals surface area contributed by atoms with E-state index >= 15 is 0 Å². The Labute approximate surface area is 96.5 Å². The van der Waals surface area contributed by atoms with E-state index in [2.05, 4.69) is 15.3 Å². The van der Waals surface area contributed by atoms with E-state index < -0.39 is 4.92 Å². The Balaban J connectivity index is 2.33. The van der Waals surface area contributed by atoms with Gasteiger partial charge < -0.3 is 11.1 Å². The first-order chi connectivity index (χ1) is 8.16. The van der Waals surface area contributed by atoms with Crippen LogP contribution in [0.3, 0.4) is 0 Å². The van der Waals surface area contributed by atoms with Gasteiger partial charge in [0.05, 0.1) is 4.92 Å². The normalized spacial score (nSPS) is 9.88. The highest BCUT2D eigenvalue weighted by atomic mass is 16.6. The lowest BCUT2D eigenvalue weighted by Gasteiger charge is -2.05. The van der Waals surface area contributed by atoms with Crippen LogP contribution in [0.2, 0.25) is 0 Å². The molecule has 17 heavy (non-hydrogen) atoms. The number of para-hydroxylation sites is 2. The summed E-state index contributed by atoms with van der Waals surface area (Å²) in [5, 5.41) is 13.6. The largest absolute Gasteiger partial charge is 0.384 e. The fourth-order valence-corrected chi connectivity index (χ4v) is 1.32. The molecule has 0 saturated carbocycles. The Morgan fingerprint density at radius 2 is 2.06 bits per heavy atom. The molecule has 0 aliphatic rings. The van der Waals surface area contributed by atoms with Crippen molar-refractivity contribution in [1.29, 1.82) is 0 Å². The lowest BCUT2D eigenvalue weighted by molar-refractivity contribution is -0.383. The van der Waals surface area contributed by atoms with Crippen molar-refractivity contribution in [1.82, 2.24) is 9.97 Å². The number of hydrogen-bond donors (Lipinski definition) is 2. The predicted molar refractivity (Wildman–Crippen MR) is 62.8 cm³/mol. The summed E-state index contributed by atoms with van der Waals surface area (Å²) >= 11 is 0. The minimum absolute atomic E-state index is 0.0234. The first kappa shape index (κ1) is 10.8. The summed E-state index contributed by atoms with van der Waals surface area (Å²) in [7, 11) is 0. The molecule has 7 heteroatoms. The zero-order valence-electron chi connectivity index (χ0n) is 8.70. The molecule has 0 aliphatic heterocycles. The molecule has 86 valence electrons. The van der Waals surface area contributed by atoms with Crippen molar-refractivity contribution in [3.63, 3.8) is 0 Å². The third kappa shape index (κ3) is 2.46. The maximum atomic E-state index is 10.8. The number of nitrogen functional groups attached to an aromatic ring is 1. The maximum absolute atomic E-state index is 10.8. The fourth-order valence-electron chi connectivity index (χ4n) is 1.32. The van der Waals surface area contributed by atoms with Gasteiger partial charge in [0.1, 0.15) is 23.7 Å². The number of nitrogens with two attached hydrogens (primary N) is 1. The third-order valence-electron chi connectivity index (χ3n) is 2.05. The number of nitro groups is 1. The van der Waals surface area contributed by atoms with Crippen LogP contribution in [0.4, 0.5) is 23.0 Å². The third-order valence-corrected chi connectivity index (χ3v) is 2.05. The first-order valence-corrected chi connectivity index (χ1v) is 4.75. The minimum atomic E-state index is -0.465. The van der Waals surface area contributed by atoms with E-state index in [1.807, 2.05) is 0 Å². The number of rotatable bonds is 3. The maximum Gasteiger partial charge on any atom is 0.292 e. The topological polar surface area (TPSA) is 107 Å². The quantitative estimate of drug-likeness (QED) is 0.615. The van der Waals surface area contributed by atoms with Gasteiger partial charge in [0.25, 0.3) is 5.69 Å². The fraction of sp³-hybridized carbons (Fsp3) is 0. The zero-order valence-corrected chi connectivity index (χ0v) is 8.70. The van der Waals surface area contributed by atoms with E-state index in [0.29, 0.717) is 17.3 Å². The van der Waals surface area contributed by atoms with E-state index in [4.69, 9.17) is 5.73 Å². The highest BCUT2D eigenvalue weighted by Gasteiger charge is 2.12. The second kappa shape index (κ2) is 4.44. The van der Waals surface area contributed by atoms with E-state index in [-0.39, 0.29) is 5.69 Å². The summed E-state index contributed by atoms with van der Waals surface area (Å²) in [4.78, 5) is 18.0. The van der Waals surface area contributed by atoms with Gasteiger partial charge in [-0.1, -0.05) is 12.1 Å². The Kier molecular flexibility index (Phi) is 2.82. The lowest BCUT2D eigenvalue weighted by Crippen LogP contribution is -2.00. The van der Waals surface area contributed by atoms with E-state index in [1.165, 1.54) is 18.5 Å². The molecule has 0 amide bonds. The molecule has 0 fully saturated rings. The van der Waals surface area contributed by atoms with Crippen LogP contribution < -0.4 is 11.1 Å².